The van der Waals surface area contributed by atoms with Crippen LogP contribution in [-0.4, -0.2) is 27.4 Å². The lowest BCUT2D eigenvalue weighted by molar-refractivity contribution is -0.136. The van der Waals surface area contributed by atoms with Crippen molar-refractivity contribution in [1.29, 1.82) is 0 Å². The van der Waals surface area contributed by atoms with Crippen LogP contribution in [0.1, 0.15) is 64.5 Å². The predicted octanol–water partition coefficient (Wildman–Crippen LogP) is 4.25. The minimum atomic E-state index is -0.806. The number of carboxylic acid groups (broad SMARTS) is 1. The number of aromatic nitrogens is 2. The van der Waals surface area contributed by atoms with E-state index >= 15 is 0 Å². The van der Waals surface area contributed by atoms with Crippen molar-refractivity contribution in [3.05, 3.63) is 52.3 Å². The molecule has 1 fully saturated rings. The number of aliphatic carboxylic acids is 1. The third-order valence-electron chi connectivity index (χ3n) is 6.16. The lowest BCUT2D eigenvalue weighted by Crippen LogP contribution is -2.32. The molecular formula is C24H33N3O3. The molecule has 0 aliphatic heterocycles. The number of nitrogens with zero attached hydrogens (tertiary/aromatic N) is 2. The van der Waals surface area contributed by atoms with Gasteiger partial charge in [0.05, 0.1) is 18.2 Å². The largest absolute Gasteiger partial charge is 0.481 e. The highest BCUT2D eigenvalue weighted by molar-refractivity contribution is 5.66. The number of carboxylic acids is 1. The summed E-state index contributed by atoms with van der Waals surface area (Å²) in [6.45, 7) is 7.92. The molecule has 1 heterocycles. The zero-order chi connectivity index (χ0) is 21.7. The number of carbonyl (C=O) groups is 1. The van der Waals surface area contributed by atoms with Gasteiger partial charge in [0.25, 0.3) is 5.56 Å². The van der Waals surface area contributed by atoms with Crippen molar-refractivity contribution in [3.63, 3.8) is 0 Å². The Labute approximate surface area is 178 Å². The quantitative estimate of drug-likeness (QED) is 0.666. The van der Waals surface area contributed by atoms with E-state index < -0.39 is 5.97 Å². The fourth-order valence-corrected chi connectivity index (χ4v) is 4.30. The summed E-state index contributed by atoms with van der Waals surface area (Å²) < 4.78 is 1.69. The van der Waals surface area contributed by atoms with Crippen LogP contribution in [0, 0.1) is 11.3 Å². The van der Waals surface area contributed by atoms with Gasteiger partial charge in [-0.05, 0) is 54.7 Å². The minimum Gasteiger partial charge on any atom is -0.481 e. The van der Waals surface area contributed by atoms with Crippen LogP contribution >= 0.6 is 0 Å². The highest BCUT2D eigenvalue weighted by atomic mass is 16.4. The number of hydrogen-bond donors (Lipinski definition) is 2. The highest BCUT2D eigenvalue weighted by Gasteiger charge is 2.31. The van der Waals surface area contributed by atoms with Crippen molar-refractivity contribution in [2.45, 2.75) is 65.5 Å². The molecule has 0 atom stereocenters. The van der Waals surface area contributed by atoms with E-state index in [0.29, 0.717) is 24.4 Å². The Hall–Kier alpha value is -2.47. The van der Waals surface area contributed by atoms with Gasteiger partial charge in [0.2, 0.25) is 0 Å². The molecule has 0 spiro atoms. The van der Waals surface area contributed by atoms with E-state index in [2.05, 4.69) is 26.1 Å². The van der Waals surface area contributed by atoms with Gasteiger partial charge in [-0.25, -0.2) is 4.68 Å². The Morgan fingerprint density at radius 3 is 2.57 bits per heavy atom. The van der Waals surface area contributed by atoms with Crippen LogP contribution in [0.3, 0.4) is 0 Å². The zero-order valence-corrected chi connectivity index (χ0v) is 18.2. The van der Waals surface area contributed by atoms with Crippen LogP contribution in [0.2, 0.25) is 0 Å². The molecule has 6 nitrogen and oxygen atoms in total. The molecule has 3 rings (SSSR count). The summed E-state index contributed by atoms with van der Waals surface area (Å²) in [5.74, 6) is -0.114. The summed E-state index contributed by atoms with van der Waals surface area (Å²) in [7, 11) is 0. The number of benzene rings is 1. The van der Waals surface area contributed by atoms with E-state index in [1.165, 1.54) is 0 Å². The highest BCUT2D eigenvalue weighted by Crippen LogP contribution is 2.40. The summed E-state index contributed by atoms with van der Waals surface area (Å²) in [5, 5.41) is 16.6. The number of nitrogens with one attached hydrogen (secondary N) is 1. The molecule has 1 aliphatic rings. The van der Waals surface area contributed by atoms with Crippen molar-refractivity contribution in [1.82, 2.24) is 15.1 Å². The van der Waals surface area contributed by atoms with Crippen LogP contribution in [0.5, 0.6) is 0 Å². The monoisotopic (exact) mass is 411 g/mol. The fraction of sp³-hybridized carbons (Fsp3) is 0.542. The van der Waals surface area contributed by atoms with Crippen LogP contribution in [0.25, 0.3) is 11.3 Å². The smallest absolute Gasteiger partial charge is 0.304 e. The van der Waals surface area contributed by atoms with Crippen LogP contribution in [-0.2, 0) is 11.3 Å². The number of rotatable bonds is 7. The Kier molecular flexibility index (Phi) is 7.08. The van der Waals surface area contributed by atoms with E-state index in [9.17, 15) is 9.59 Å². The maximum atomic E-state index is 12.5. The van der Waals surface area contributed by atoms with Gasteiger partial charge < -0.3 is 10.4 Å². The molecule has 1 aromatic heterocycles. The van der Waals surface area contributed by atoms with Crippen LogP contribution in [0.15, 0.2) is 41.2 Å². The first-order chi connectivity index (χ1) is 14.2. The van der Waals surface area contributed by atoms with E-state index in [1.807, 2.05) is 24.3 Å². The molecule has 0 bridgehead atoms. The Morgan fingerprint density at radius 1 is 1.17 bits per heavy atom. The van der Waals surface area contributed by atoms with Gasteiger partial charge in [-0.3, -0.25) is 9.59 Å². The predicted molar refractivity (Wildman–Crippen MR) is 118 cm³/mol. The maximum Gasteiger partial charge on any atom is 0.304 e. The molecule has 0 saturated heterocycles. The van der Waals surface area contributed by atoms with E-state index in [-0.39, 0.29) is 18.0 Å². The summed E-state index contributed by atoms with van der Waals surface area (Å²) >= 11 is 0. The SMILES string of the molecule is CC(C)(C)[C@H]1CC[C@H](n2nc(-c3cccc(CNCCC(=O)O)c3)ccc2=O)CC1. The summed E-state index contributed by atoms with van der Waals surface area (Å²) in [4.78, 5) is 23.1. The molecule has 2 N–H and O–H groups in total. The summed E-state index contributed by atoms with van der Waals surface area (Å²) in [6.07, 6.45) is 4.34. The lowest BCUT2D eigenvalue weighted by atomic mass is 9.71. The minimum absolute atomic E-state index is 0.0375. The summed E-state index contributed by atoms with van der Waals surface area (Å²) in [5.41, 5.74) is 3.08. The molecule has 6 heteroatoms. The Morgan fingerprint density at radius 2 is 1.90 bits per heavy atom. The van der Waals surface area contributed by atoms with Gasteiger partial charge in [0, 0.05) is 24.7 Å². The normalized spacial score (nSPS) is 19.6. The molecule has 0 unspecified atom stereocenters. The van der Waals surface area contributed by atoms with Crippen molar-refractivity contribution in [2.75, 3.05) is 6.54 Å². The maximum absolute atomic E-state index is 12.5. The Balaban J connectivity index is 1.72. The average molecular weight is 412 g/mol. The molecule has 1 aliphatic carbocycles. The van der Waals surface area contributed by atoms with Crippen molar-refractivity contribution >= 4 is 5.97 Å². The topological polar surface area (TPSA) is 84.2 Å². The van der Waals surface area contributed by atoms with E-state index in [1.54, 1.807) is 16.8 Å². The average Bonchev–Trinajstić information content (AvgIpc) is 2.71. The third-order valence-corrected chi connectivity index (χ3v) is 6.16. The lowest BCUT2D eigenvalue weighted by Gasteiger charge is -2.37. The molecule has 162 valence electrons. The first-order valence-electron chi connectivity index (χ1n) is 10.9. The zero-order valence-electron chi connectivity index (χ0n) is 18.2. The molecule has 30 heavy (non-hydrogen) atoms. The molecule has 0 amide bonds. The molecule has 0 radical (unpaired) electrons. The standard InChI is InChI=1S/C24H33N3O3/c1-24(2,3)19-7-9-20(10-8-19)27-22(28)12-11-21(26-27)18-6-4-5-17(15-18)16-25-14-13-23(29)30/h4-6,11-12,15,19-20,25H,7-10,13-14,16H2,1-3H3,(H,29,30)/t19-,20-. The van der Waals surface area contributed by atoms with Crippen molar-refractivity contribution in [2.24, 2.45) is 11.3 Å². The van der Waals surface area contributed by atoms with Crippen LogP contribution < -0.4 is 10.9 Å². The van der Waals surface area contributed by atoms with Gasteiger partial charge in [0.1, 0.15) is 0 Å². The second kappa shape index (κ2) is 9.56. The van der Waals surface area contributed by atoms with Gasteiger partial charge in [-0.2, -0.15) is 5.10 Å². The van der Waals surface area contributed by atoms with Gasteiger partial charge in [-0.1, -0.05) is 39.0 Å². The number of hydrogen-bond acceptors (Lipinski definition) is 4. The first-order valence-corrected chi connectivity index (χ1v) is 10.9. The molecule has 1 saturated carbocycles. The van der Waals surface area contributed by atoms with Crippen molar-refractivity contribution < 1.29 is 9.90 Å². The van der Waals surface area contributed by atoms with Gasteiger partial charge >= 0.3 is 5.97 Å². The fourth-order valence-electron chi connectivity index (χ4n) is 4.30. The summed E-state index contributed by atoms with van der Waals surface area (Å²) in [6, 6.07) is 11.6. The van der Waals surface area contributed by atoms with E-state index in [0.717, 1.165) is 42.5 Å². The van der Waals surface area contributed by atoms with Crippen LogP contribution in [0.4, 0.5) is 0 Å². The van der Waals surface area contributed by atoms with Gasteiger partial charge in [-0.15, -0.1) is 0 Å². The van der Waals surface area contributed by atoms with Gasteiger partial charge in [0.15, 0.2) is 0 Å². The first kappa shape index (κ1) is 22.2. The second-order valence-corrected chi connectivity index (χ2v) is 9.39. The second-order valence-electron chi connectivity index (χ2n) is 9.39. The van der Waals surface area contributed by atoms with Crippen molar-refractivity contribution in [3.8, 4) is 11.3 Å². The Bertz CT molecular complexity index is 922. The van der Waals surface area contributed by atoms with E-state index in [4.69, 9.17) is 10.2 Å². The molecule has 2 aromatic rings. The molecule has 1 aromatic carbocycles. The third kappa shape index (κ3) is 5.79. The molecular weight excluding hydrogens is 378 g/mol.